The van der Waals surface area contributed by atoms with Gasteiger partial charge in [-0.1, -0.05) is 13.8 Å². The molecule has 0 aromatic carbocycles. The lowest BCUT2D eigenvalue weighted by Crippen LogP contribution is -2.44. The van der Waals surface area contributed by atoms with E-state index >= 15 is 0 Å². The molecule has 0 aromatic heterocycles. The van der Waals surface area contributed by atoms with Crippen LogP contribution in [0.2, 0.25) is 0 Å². The van der Waals surface area contributed by atoms with E-state index in [0.29, 0.717) is 19.3 Å². The molecule has 16 heavy (non-hydrogen) atoms. The first-order chi connectivity index (χ1) is 7.41. The van der Waals surface area contributed by atoms with Crippen molar-refractivity contribution in [3.8, 4) is 6.07 Å². The van der Waals surface area contributed by atoms with Gasteiger partial charge >= 0.3 is 0 Å². The van der Waals surface area contributed by atoms with Gasteiger partial charge in [0, 0.05) is 6.04 Å². The minimum Gasteiger partial charge on any atom is -0.393 e. The van der Waals surface area contributed by atoms with Crippen LogP contribution < -0.4 is 5.32 Å². The number of nitriles is 1. The molecule has 4 nitrogen and oxygen atoms in total. The molecule has 0 fully saturated rings. The summed E-state index contributed by atoms with van der Waals surface area (Å²) >= 11 is 0. The highest BCUT2D eigenvalue weighted by Crippen LogP contribution is 2.25. The minimum absolute atomic E-state index is 0.113. The lowest BCUT2D eigenvalue weighted by molar-refractivity contribution is -0.129. The number of nitrogens with zero attached hydrogens (tertiary/aromatic N) is 1. The average molecular weight is 226 g/mol. The molecule has 0 rings (SSSR count). The second-order valence-electron chi connectivity index (χ2n) is 4.36. The summed E-state index contributed by atoms with van der Waals surface area (Å²) in [6.45, 7) is 7.19. The summed E-state index contributed by atoms with van der Waals surface area (Å²) in [5.74, 6) is -0.229. The van der Waals surface area contributed by atoms with E-state index < -0.39 is 11.5 Å². The fourth-order valence-corrected chi connectivity index (χ4v) is 1.71. The van der Waals surface area contributed by atoms with Gasteiger partial charge in [-0.25, -0.2) is 0 Å². The number of hydrogen-bond acceptors (Lipinski definition) is 3. The topological polar surface area (TPSA) is 73.1 Å². The second-order valence-corrected chi connectivity index (χ2v) is 4.36. The number of carbonyl (C=O) groups excluding carboxylic acids is 1. The maximum atomic E-state index is 11.9. The monoisotopic (exact) mass is 226 g/mol. The van der Waals surface area contributed by atoms with Crippen molar-refractivity contribution in [2.75, 3.05) is 0 Å². The van der Waals surface area contributed by atoms with Crippen molar-refractivity contribution in [1.29, 1.82) is 5.26 Å². The molecular formula is C12H22N2O2. The molecule has 0 radical (unpaired) electrons. The Morgan fingerprint density at radius 3 is 2.25 bits per heavy atom. The Morgan fingerprint density at radius 1 is 1.44 bits per heavy atom. The van der Waals surface area contributed by atoms with E-state index in [-0.39, 0.29) is 11.9 Å². The fraction of sp³-hybridized carbons (Fsp3) is 0.833. The molecule has 0 bridgehead atoms. The first-order valence-electron chi connectivity index (χ1n) is 5.82. The van der Waals surface area contributed by atoms with Gasteiger partial charge in [0.15, 0.2) is 0 Å². The largest absolute Gasteiger partial charge is 0.393 e. The number of nitrogens with one attached hydrogen (secondary N) is 1. The van der Waals surface area contributed by atoms with Crippen molar-refractivity contribution in [1.82, 2.24) is 5.32 Å². The van der Waals surface area contributed by atoms with Crippen LogP contribution in [0.3, 0.4) is 0 Å². The quantitative estimate of drug-likeness (QED) is 0.722. The van der Waals surface area contributed by atoms with Gasteiger partial charge in [0.25, 0.3) is 0 Å². The molecule has 0 heterocycles. The van der Waals surface area contributed by atoms with Crippen molar-refractivity contribution in [3.05, 3.63) is 0 Å². The Balaban J connectivity index is 4.50. The Morgan fingerprint density at radius 2 is 1.94 bits per heavy atom. The van der Waals surface area contributed by atoms with Gasteiger partial charge in [0.1, 0.15) is 5.41 Å². The van der Waals surface area contributed by atoms with E-state index in [0.717, 1.165) is 0 Å². The highest BCUT2D eigenvalue weighted by Gasteiger charge is 2.35. The third kappa shape index (κ3) is 3.82. The minimum atomic E-state index is -0.924. The molecule has 0 aliphatic carbocycles. The zero-order chi connectivity index (χ0) is 12.8. The standard InChI is InChI=1S/C12H22N2O2/c1-5-12(6-2,8-13)11(16)14-9(3)7-10(4)15/h9-10,15H,5-7H2,1-4H3,(H,14,16). The zero-order valence-corrected chi connectivity index (χ0v) is 10.6. The predicted octanol–water partition coefficient (Wildman–Crippen LogP) is 1.59. The van der Waals surface area contributed by atoms with Crippen molar-refractivity contribution in [2.45, 2.75) is 59.1 Å². The Kier molecular flexibility index (Phi) is 6.05. The first kappa shape index (κ1) is 14.9. The van der Waals surface area contributed by atoms with Gasteiger partial charge in [0.05, 0.1) is 12.2 Å². The molecule has 0 spiro atoms. The van der Waals surface area contributed by atoms with Crippen molar-refractivity contribution < 1.29 is 9.90 Å². The van der Waals surface area contributed by atoms with Gasteiger partial charge in [-0.3, -0.25) is 4.79 Å². The molecule has 2 atom stereocenters. The lowest BCUT2D eigenvalue weighted by Gasteiger charge is -2.25. The van der Waals surface area contributed by atoms with Crippen LogP contribution in [0.1, 0.15) is 47.0 Å². The maximum Gasteiger partial charge on any atom is 0.240 e. The van der Waals surface area contributed by atoms with E-state index in [1.807, 2.05) is 20.8 Å². The summed E-state index contributed by atoms with van der Waals surface area (Å²) in [5, 5.41) is 21.1. The van der Waals surface area contributed by atoms with Crippen molar-refractivity contribution >= 4 is 5.91 Å². The highest BCUT2D eigenvalue weighted by atomic mass is 16.3. The SMILES string of the molecule is CCC(C#N)(CC)C(=O)NC(C)CC(C)O. The molecule has 92 valence electrons. The second kappa shape index (κ2) is 6.49. The van der Waals surface area contributed by atoms with Crippen LogP contribution in [0, 0.1) is 16.7 Å². The summed E-state index contributed by atoms with van der Waals surface area (Å²) < 4.78 is 0. The molecular weight excluding hydrogens is 204 g/mol. The number of aliphatic hydroxyl groups is 1. The van der Waals surface area contributed by atoms with E-state index in [1.54, 1.807) is 6.92 Å². The molecule has 0 aromatic rings. The third-order valence-electron chi connectivity index (χ3n) is 2.93. The average Bonchev–Trinajstić information content (AvgIpc) is 2.19. The number of hydrogen-bond donors (Lipinski definition) is 2. The van der Waals surface area contributed by atoms with Crippen LogP contribution in [0.15, 0.2) is 0 Å². The van der Waals surface area contributed by atoms with Crippen LogP contribution in [0.25, 0.3) is 0 Å². The summed E-state index contributed by atoms with van der Waals surface area (Å²) in [6, 6.07) is 1.99. The van der Waals surface area contributed by atoms with Crippen LogP contribution in [-0.4, -0.2) is 23.2 Å². The fourth-order valence-electron chi connectivity index (χ4n) is 1.71. The molecule has 0 aliphatic heterocycles. The van der Waals surface area contributed by atoms with Crippen LogP contribution >= 0.6 is 0 Å². The molecule has 2 unspecified atom stereocenters. The summed E-state index contributed by atoms with van der Waals surface area (Å²) in [4.78, 5) is 11.9. The van der Waals surface area contributed by atoms with Crippen molar-refractivity contribution in [3.63, 3.8) is 0 Å². The number of amides is 1. The molecule has 0 aliphatic rings. The molecule has 1 amide bonds. The predicted molar refractivity (Wildman–Crippen MR) is 62.5 cm³/mol. The Bertz CT molecular complexity index is 265. The molecule has 0 saturated heterocycles. The summed E-state index contributed by atoms with van der Waals surface area (Å²) in [6.07, 6.45) is 1.07. The highest BCUT2D eigenvalue weighted by molar-refractivity contribution is 5.85. The van der Waals surface area contributed by atoms with E-state index in [9.17, 15) is 9.90 Å². The summed E-state index contributed by atoms with van der Waals surface area (Å²) in [5.41, 5.74) is -0.924. The summed E-state index contributed by atoms with van der Waals surface area (Å²) in [7, 11) is 0. The first-order valence-corrected chi connectivity index (χ1v) is 5.82. The number of rotatable bonds is 6. The van der Waals surface area contributed by atoms with Crippen molar-refractivity contribution in [2.24, 2.45) is 5.41 Å². The number of carbonyl (C=O) groups is 1. The van der Waals surface area contributed by atoms with Gasteiger partial charge < -0.3 is 10.4 Å². The third-order valence-corrected chi connectivity index (χ3v) is 2.93. The van der Waals surface area contributed by atoms with Crippen LogP contribution in [-0.2, 0) is 4.79 Å². The normalized spacial score (nSPS) is 15.0. The Labute approximate surface area is 97.7 Å². The van der Waals surface area contributed by atoms with Crippen LogP contribution in [0.4, 0.5) is 0 Å². The van der Waals surface area contributed by atoms with Crippen LogP contribution in [0.5, 0.6) is 0 Å². The molecule has 2 N–H and O–H groups in total. The van der Waals surface area contributed by atoms with E-state index in [1.165, 1.54) is 0 Å². The molecule has 4 heteroatoms. The van der Waals surface area contributed by atoms with E-state index in [4.69, 9.17) is 5.26 Å². The van der Waals surface area contributed by atoms with Gasteiger partial charge in [-0.2, -0.15) is 5.26 Å². The van der Waals surface area contributed by atoms with Gasteiger partial charge in [0.2, 0.25) is 5.91 Å². The number of aliphatic hydroxyl groups excluding tert-OH is 1. The van der Waals surface area contributed by atoms with Gasteiger partial charge in [-0.15, -0.1) is 0 Å². The maximum absolute atomic E-state index is 11.9. The van der Waals surface area contributed by atoms with E-state index in [2.05, 4.69) is 11.4 Å². The lowest BCUT2D eigenvalue weighted by atomic mass is 9.83. The smallest absolute Gasteiger partial charge is 0.240 e. The Hall–Kier alpha value is -1.08. The molecule has 0 saturated carbocycles. The van der Waals surface area contributed by atoms with Gasteiger partial charge in [-0.05, 0) is 33.1 Å². The zero-order valence-electron chi connectivity index (χ0n) is 10.6.